The summed E-state index contributed by atoms with van der Waals surface area (Å²) >= 11 is 5.90. The van der Waals surface area contributed by atoms with Gasteiger partial charge in [0.05, 0.1) is 0 Å². The van der Waals surface area contributed by atoms with Gasteiger partial charge in [-0.25, -0.2) is 0 Å². The normalized spacial score (nSPS) is 10.7. The van der Waals surface area contributed by atoms with E-state index < -0.39 is 0 Å². The van der Waals surface area contributed by atoms with E-state index in [1.807, 2.05) is 66.7 Å². The minimum atomic E-state index is 0.459. The molecule has 3 aromatic carbocycles. The third-order valence-corrected chi connectivity index (χ3v) is 4.13. The maximum atomic E-state index is 5.90. The first-order valence-corrected chi connectivity index (χ1v) is 8.52. The lowest BCUT2D eigenvalue weighted by atomic mass is 10.2. The summed E-state index contributed by atoms with van der Waals surface area (Å²) in [5.74, 6) is 1.78. The van der Waals surface area contributed by atoms with Crippen molar-refractivity contribution in [3.05, 3.63) is 89.4 Å². The molecule has 0 bridgehead atoms. The zero-order valence-corrected chi connectivity index (χ0v) is 14.6. The van der Waals surface area contributed by atoms with Gasteiger partial charge in [-0.15, -0.1) is 0 Å². The van der Waals surface area contributed by atoms with Gasteiger partial charge in [-0.3, -0.25) is 0 Å². The molecule has 0 aliphatic rings. The second-order valence-electron chi connectivity index (χ2n) is 5.73. The second-order valence-corrected chi connectivity index (χ2v) is 6.17. The molecular weight excluding hydrogens is 348 g/mol. The molecular formula is C21H15ClN2O2. The van der Waals surface area contributed by atoms with Gasteiger partial charge in [0.2, 0.25) is 5.82 Å². The molecule has 0 fully saturated rings. The Bertz CT molecular complexity index is 981. The molecule has 128 valence electrons. The Morgan fingerprint density at radius 1 is 0.808 bits per heavy atom. The molecule has 1 aromatic heterocycles. The van der Waals surface area contributed by atoms with E-state index in [1.165, 1.54) is 0 Å². The minimum absolute atomic E-state index is 0.459. The number of benzene rings is 3. The first kappa shape index (κ1) is 16.4. The molecule has 0 aliphatic carbocycles. The van der Waals surface area contributed by atoms with Crippen LogP contribution >= 0.6 is 11.6 Å². The predicted molar refractivity (Wildman–Crippen MR) is 101 cm³/mol. The van der Waals surface area contributed by atoms with Crippen LogP contribution in [0.3, 0.4) is 0 Å². The number of hydrogen-bond acceptors (Lipinski definition) is 4. The van der Waals surface area contributed by atoms with Crippen molar-refractivity contribution in [1.29, 1.82) is 0 Å². The standard InChI is InChI=1S/C21H15ClN2O2/c22-18-10-6-17(7-11-18)21-23-20(24-26-21)16-8-12-19(13-9-16)25-14-15-4-2-1-3-5-15/h1-13H,14H2. The molecule has 0 radical (unpaired) electrons. The van der Waals surface area contributed by atoms with E-state index in [4.69, 9.17) is 20.9 Å². The van der Waals surface area contributed by atoms with Crippen molar-refractivity contribution in [2.45, 2.75) is 6.61 Å². The summed E-state index contributed by atoms with van der Waals surface area (Å²) in [6.45, 7) is 0.531. The lowest BCUT2D eigenvalue weighted by Crippen LogP contribution is -1.94. The Hall–Kier alpha value is -3.11. The highest BCUT2D eigenvalue weighted by molar-refractivity contribution is 6.30. The maximum Gasteiger partial charge on any atom is 0.258 e. The van der Waals surface area contributed by atoms with Crippen LogP contribution in [0.5, 0.6) is 5.75 Å². The van der Waals surface area contributed by atoms with Crippen LogP contribution < -0.4 is 4.74 Å². The van der Waals surface area contributed by atoms with Crippen LogP contribution in [0.4, 0.5) is 0 Å². The summed E-state index contributed by atoms with van der Waals surface area (Å²) in [6, 6.07) is 25.0. The molecule has 0 amide bonds. The van der Waals surface area contributed by atoms with Gasteiger partial charge in [0.25, 0.3) is 5.89 Å². The lowest BCUT2D eigenvalue weighted by Gasteiger charge is -2.06. The Kier molecular flexibility index (Phi) is 4.67. The topological polar surface area (TPSA) is 48.2 Å². The predicted octanol–water partition coefficient (Wildman–Crippen LogP) is 5.64. The van der Waals surface area contributed by atoms with Crippen LogP contribution in [0.25, 0.3) is 22.8 Å². The highest BCUT2D eigenvalue weighted by Crippen LogP contribution is 2.25. The lowest BCUT2D eigenvalue weighted by molar-refractivity contribution is 0.306. The van der Waals surface area contributed by atoms with Gasteiger partial charge in [-0.05, 0) is 54.1 Å². The summed E-state index contributed by atoms with van der Waals surface area (Å²) in [5.41, 5.74) is 2.82. The summed E-state index contributed by atoms with van der Waals surface area (Å²) < 4.78 is 11.1. The monoisotopic (exact) mass is 362 g/mol. The highest BCUT2D eigenvalue weighted by atomic mass is 35.5. The number of nitrogens with zero attached hydrogens (tertiary/aromatic N) is 2. The molecule has 0 spiro atoms. The van der Waals surface area contributed by atoms with E-state index in [1.54, 1.807) is 12.1 Å². The van der Waals surface area contributed by atoms with Crippen LogP contribution in [0, 0.1) is 0 Å². The van der Waals surface area contributed by atoms with E-state index in [-0.39, 0.29) is 0 Å². The summed E-state index contributed by atoms with van der Waals surface area (Å²) in [4.78, 5) is 4.44. The second kappa shape index (κ2) is 7.42. The van der Waals surface area contributed by atoms with Gasteiger partial charge in [-0.1, -0.05) is 47.1 Å². The molecule has 4 aromatic rings. The summed E-state index contributed by atoms with van der Waals surface area (Å²) in [7, 11) is 0. The van der Waals surface area contributed by atoms with Gasteiger partial charge < -0.3 is 9.26 Å². The average molecular weight is 363 g/mol. The van der Waals surface area contributed by atoms with Crippen molar-refractivity contribution >= 4 is 11.6 Å². The van der Waals surface area contributed by atoms with E-state index in [0.29, 0.717) is 23.3 Å². The third kappa shape index (κ3) is 3.76. The smallest absolute Gasteiger partial charge is 0.258 e. The number of aromatic nitrogens is 2. The number of ether oxygens (including phenoxy) is 1. The summed E-state index contributed by atoms with van der Waals surface area (Å²) in [5, 5.41) is 4.71. The molecule has 0 atom stereocenters. The molecule has 0 aliphatic heterocycles. The molecule has 4 nitrogen and oxygen atoms in total. The Morgan fingerprint density at radius 2 is 1.50 bits per heavy atom. The minimum Gasteiger partial charge on any atom is -0.489 e. The Morgan fingerprint density at radius 3 is 2.23 bits per heavy atom. The van der Waals surface area contributed by atoms with E-state index in [2.05, 4.69) is 10.1 Å². The first-order chi connectivity index (χ1) is 12.8. The fourth-order valence-electron chi connectivity index (χ4n) is 2.49. The van der Waals surface area contributed by atoms with Gasteiger partial charge in [0, 0.05) is 16.1 Å². The molecule has 1 heterocycles. The molecule has 0 saturated heterocycles. The quantitative estimate of drug-likeness (QED) is 0.461. The zero-order valence-electron chi connectivity index (χ0n) is 13.8. The fraction of sp³-hybridized carbons (Fsp3) is 0.0476. The third-order valence-electron chi connectivity index (χ3n) is 3.88. The van der Waals surface area contributed by atoms with E-state index in [9.17, 15) is 0 Å². The van der Waals surface area contributed by atoms with Crippen molar-refractivity contribution in [2.24, 2.45) is 0 Å². The molecule has 5 heteroatoms. The van der Waals surface area contributed by atoms with Crippen molar-refractivity contribution < 1.29 is 9.26 Å². The molecule has 4 rings (SSSR count). The van der Waals surface area contributed by atoms with Crippen LogP contribution in [0.2, 0.25) is 5.02 Å². The average Bonchev–Trinajstić information content (AvgIpc) is 3.18. The SMILES string of the molecule is Clc1ccc(-c2nc(-c3ccc(OCc4ccccc4)cc3)no2)cc1. The summed E-state index contributed by atoms with van der Waals surface area (Å²) in [6.07, 6.45) is 0. The van der Waals surface area contributed by atoms with Crippen LogP contribution in [0.1, 0.15) is 5.56 Å². The molecule has 0 N–H and O–H groups in total. The van der Waals surface area contributed by atoms with Crippen molar-refractivity contribution in [3.63, 3.8) is 0 Å². The molecule has 0 unspecified atom stereocenters. The van der Waals surface area contributed by atoms with E-state index in [0.717, 1.165) is 22.4 Å². The largest absolute Gasteiger partial charge is 0.489 e. The van der Waals surface area contributed by atoms with Crippen LogP contribution in [0.15, 0.2) is 83.4 Å². The van der Waals surface area contributed by atoms with E-state index >= 15 is 0 Å². The van der Waals surface area contributed by atoms with Crippen molar-refractivity contribution in [1.82, 2.24) is 10.1 Å². The van der Waals surface area contributed by atoms with Crippen molar-refractivity contribution in [3.8, 4) is 28.6 Å². The fourth-order valence-corrected chi connectivity index (χ4v) is 2.62. The van der Waals surface area contributed by atoms with Gasteiger partial charge in [0.1, 0.15) is 12.4 Å². The number of rotatable bonds is 5. The van der Waals surface area contributed by atoms with Crippen LogP contribution in [-0.4, -0.2) is 10.1 Å². The molecule has 26 heavy (non-hydrogen) atoms. The van der Waals surface area contributed by atoms with Crippen molar-refractivity contribution in [2.75, 3.05) is 0 Å². The molecule has 0 saturated carbocycles. The van der Waals surface area contributed by atoms with Crippen LogP contribution in [-0.2, 0) is 6.61 Å². The number of hydrogen-bond donors (Lipinski definition) is 0. The first-order valence-electron chi connectivity index (χ1n) is 8.15. The van der Waals surface area contributed by atoms with Gasteiger partial charge >= 0.3 is 0 Å². The van der Waals surface area contributed by atoms with Gasteiger partial charge in [0.15, 0.2) is 0 Å². The zero-order chi connectivity index (χ0) is 17.8. The Labute approximate surface area is 156 Å². The van der Waals surface area contributed by atoms with Gasteiger partial charge in [-0.2, -0.15) is 4.98 Å². The Balaban J connectivity index is 1.46. The maximum absolute atomic E-state index is 5.90. The highest BCUT2D eigenvalue weighted by Gasteiger charge is 2.10. The number of halogens is 1.